The van der Waals surface area contributed by atoms with Crippen LogP contribution in [0.15, 0.2) is 34.9 Å². The van der Waals surface area contributed by atoms with Crippen LogP contribution in [-0.2, 0) is 6.54 Å². The van der Waals surface area contributed by atoms with Gasteiger partial charge in [-0.3, -0.25) is 4.90 Å². The smallest absolute Gasteiger partial charge is 0.209 e. The second-order valence-electron chi connectivity index (χ2n) is 4.62. The van der Waals surface area contributed by atoms with Gasteiger partial charge in [-0.25, -0.2) is 9.37 Å². The van der Waals surface area contributed by atoms with Gasteiger partial charge in [0.15, 0.2) is 5.76 Å². The molecule has 0 aliphatic rings. The van der Waals surface area contributed by atoms with Crippen LogP contribution in [0.5, 0.6) is 0 Å². The Bertz CT molecular complexity index is 519. The first-order chi connectivity index (χ1) is 9.72. The molecule has 1 N–H and O–H groups in total. The molecule has 1 aromatic heterocycles. The lowest BCUT2D eigenvalue weighted by atomic mass is 10.2. The SMILES string of the molecule is CCCN(CCO)Cc1ncc(-c2ccc(F)cc2)o1. The summed E-state index contributed by atoms with van der Waals surface area (Å²) in [7, 11) is 0. The quantitative estimate of drug-likeness (QED) is 0.846. The number of aliphatic hydroxyl groups excluding tert-OH is 1. The molecule has 2 aromatic rings. The topological polar surface area (TPSA) is 49.5 Å². The highest BCUT2D eigenvalue weighted by Crippen LogP contribution is 2.21. The normalized spacial score (nSPS) is 11.2. The van der Waals surface area contributed by atoms with E-state index in [4.69, 9.17) is 9.52 Å². The van der Waals surface area contributed by atoms with Crippen LogP contribution in [0, 0.1) is 5.82 Å². The largest absolute Gasteiger partial charge is 0.439 e. The summed E-state index contributed by atoms with van der Waals surface area (Å²) < 4.78 is 18.5. The van der Waals surface area contributed by atoms with Gasteiger partial charge in [0.1, 0.15) is 5.82 Å². The maximum absolute atomic E-state index is 12.9. The highest BCUT2D eigenvalue weighted by atomic mass is 19.1. The van der Waals surface area contributed by atoms with Crippen LogP contribution in [0.3, 0.4) is 0 Å². The van der Waals surface area contributed by atoms with E-state index in [1.54, 1.807) is 18.3 Å². The van der Waals surface area contributed by atoms with Crippen LogP contribution in [0.2, 0.25) is 0 Å². The van der Waals surface area contributed by atoms with E-state index >= 15 is 0 Å². The molecule has 0 saturated carbocycles. The van der Waals surface area contributed by atoms with E-state index in [1.807, 2.05) is 0 Å². The lowest BCUT2D eigenvalue weighted by Crippen LogP contribution is -2.27. The average Bonchev–Trinajstić information content (AvgIpc) is 2.89. The monoisotopic (exact) mass is 278 g/mol. The molecule has 0 spiro atoms. The fraction of sp³-hybridized carbons (Fsp3) is 0.400. The standard InChI is InChI=1S/C15H19FN2O2/c1-2-7-18(8-9-19)11-15-17-10-14(20-15)12-3-5-13(16)6-4-12/h3-6,10,19H,2,7-9,11H2,1H3. The van der Waals surface area contributed by atoms with Crippen LogP contribution in [0.1, 0.15) is 19.2 Å². The minimum absolute atomic E-state index is 0.117. The van der Waals surface area contributed by atoms with E-state index in [2.05, 4.69) is 16.8 Å². The van der Waals surface area contributed by atoms with Crippen molar-refractivity contribution in [2.45, 2.75) is 19.9 Å². The molecule has 0 fully saturated rings. The second kappa shape index (κ2) is 7.17. The first-order valence-corrected chi connectivity index (χ1v) is 6.76. The fourth-order valence-electron chi connectivity index (χ4n) is 2.05. The molecule has 108 valence electrons. The number of hydrogen-bond donors (Lipinski definition) is 1. The van der Waals surface area contributed by atoms with Crippen molar-refractivity contribution in [1.29, 1.82) is 0 Å². The molecule has 1 heterocycles. The van der Waals surface area contributed by atoms with Gasteiger partial charge in [0.05, 0.1) is 19.3 Å². The van der Waals surface area contributed by atoms with Gasteiger partial charge in [-0.1, -0.05) is 6.92 Å². The third-order valence-corrected chi connectivity index (χ3v) is 3.00. The molecule has 0 saturated heterocycles. The predicted octanol–water partition coefficient (Wildman–Crippen LogP) is 2.69. The van der Waals surface area contributed by atoms with Crippen molar-refractivity contribution in [3.8, 4) is 11.3 Å². The van der Waals surface area contributed by atoms with Crippen molar-refractivity contribution in [1.82, 2.24) is 9.88 Å². The minimum atomic E-state index is -0.273. The molecular formula is C15H19FN2O2. The first-order valence-electron chi connectivity index (χ1n) is 6.76. The number of benzene rings is 1. The number of rotatable bonds is 7. The molecule has 0 atom stereocenters. The second-order valence-corrected chi connectivity index (χ2v) is 4.62. The Morgan fingerprint density at radius 2 is 2.00 bits per heavy atom. The predicted molar refractivity (Wildman–Crippen MR) is 74.6 cm³/mol. The Balaban J connectivity index is 2.06. The van der Waals surface area contributed by atoms with Crippen LogP contribution < -0.4 is 0 Å². The molecular weight excluding hydrogens is 259 g/mol. The Morgan fingerprint density at radius 3 is 2.65 bits per heavy atom. The zero-order valence-corrected chi connectivity index (χ0v) is 11.6. The summed E-state index contributed by atoms with van der Waals surface area (Å²) in [6, 6.07) is 6.12. The molecule has 0 radical (unpaired) electrons. The van der Waals surface area contributed by atoms with Crippen molar-refractivity contribution in [3.63, 3.8) is 0 Å². The lowest BCUT2D eigenvalue weighted by molar-refractivity contribution is 0.179. The number of aromatic nitrogens is 1. The molecule has 20 heavy (non-hydrogen) atoms. The number of oxazole rings is 1. The molecule has 4 nitrogen and oxygen atoms in total. The van der Waals surface area contributed by atoms with Gasteiger partial charge < -0.3 is 9.52 Å². The third kappa shape index (κ3) is 3.88. The summed E-state index contributed by atoms with van der Waals surface area (Å²) in [6.07, 6.45) is 2.65. The van der Waals surface area contributed by atoms with E-state index in [0.717, 1.165) is 18.5 Å². The van der Waals surface area contributed by atoms with E-state index in [-0.39, 0.29) is 12.4 Å². The van der Waals surface area contributed by atoms with Crippen LogP contribution in [-0.4, -0.2) is 34.7 Å². The van der Waals surface area contributed by atoms with Crippen molar-refractivity contribution in [2.24, 2.45) is 0 Å². The molecule has 5 heteroatoms. The Hall–Kier alpha value is -1.72. The maximum Gasteiger partial charge on any atom is 0.209 e. The lowest BCUT2D eigenvalue weighted by Gasteiger charge is -2.18. The Kier molecular flexibility index (Phi) is 5.26. The van der Waals surface area contributed by atoms with Gasteiger partial charge in [-0.05, 0) is 37.2 Å². The molecule has 0 bridgehead atoms. The average molecular weight is 278 g/mol. The van der Waals surface area contributed by atoms with Crippen molar-refractivity contribution in [3.05, 3.63) is 42.2 Å². The molecule has 1 aromatic carbocycles. The number of halogens is 1. The van der Waals surface area contributed by atoms with Crippen LogP contribution in [0.25, 0.3) is 11.3 Å². The summed E-state index contributed by atoms with van der Waals surface area (Å²) in [5, 5.41) is 9.02. The first kappa shape index (κ1) is 14.7. The summed E-state index contributed by atoms with van der Waals surface area (Å²) in [5.74, 6) is 0.956. The molecule has 0 aliphatic carbocycles. The summed E-state index contributed by atoms with van der Waals surface area (Å²) >= 11 is 0. The summed E-state index contributed by atoms with van der Waals surface area (Å²) in [6.45, 7) is 4.25. The Labute approximate surface area is 117 Å². The van der Waals surface area contributed by atoms with Gasteiger partial charge in [0, 0.05) is 12.1 Å². The van der Waals surface area contributed by atoms with Crippen molar-refractivity contribution >= 4 is 0 Å². The van der Waals surface area contributed by atoms with Gasteiger partial charge in [-0.2, -0.15) is 0 Å². The highest BCUT2D eigenvalue weighted by molar-refractivity contribution is 5.55. The summed E-state index contributed by atoms with van der Waals surface area (Å²) in [5.41, 5.74) is 0.800. The van der Waals surface area contributed by atoms with E-state index in [9.17, 15) is 4.39 Å². The molecule has 0 amide bonds. The maximum atomic E-state index is 12.9. The fourth-order valence-corrected chi connectivity index (χ4v) is 2.05. The van der Waals surface area contributed by atoms with E-state index in [1.165, 1.54) is 12.1 Å². The molecule has 2 rings (SSSR count). The third-order valence-electron chi connectivity index (χ3n) is 3.00. The minimum Gasteiger partial charge on any atom is -0.439 e. The van der Waals surface area contributed by atoms with Crippen LogP contribution in [0.4, 0.5) is 4.39 Å². The summed E-state index contributed by atoms with van der Waals surface area (Å²) in [4.78, 5) is 6.32. The van der Waals surface area contributed by atoms with Crippen LogP contribution >= 0.6 is 0 Å². The van der Waals surface area contributed by atoms with E-state index < -0.39 is 0 Å². The van der Waals surface area contributed by atoms with Gasteiger partial charge >= 0.3 is 0 Å². The van der Waals surface area contributed by atoms with E-state index in [0.29, 0.717) is 24.7 Å². The molecule has 0 unspecified atom stereocenters. The highest BCUT2D eigenvalue weighted by Gasteiger charge is 2.10. The van der Waals surface area contributed by atoms with Gasteiger partial charge in [0.25, 0.3) is 0 Å². The molecule has 0 aliphatic heterocycles. The zero-order chi connectivity index (χ0) is 14.4. The number of hydrogen-bond acceptors (Lipinski definition) is 4. The van der Waals surface area contributed by atoms with Crippen molar-refractivity contribution in [2.75, 3.05) is 19.7 Å². The van der Waals surface area contributed by atoms with Gasteiger partial charge in [-0.15, -0.1) is 0 Å². The number of aliphatic hydroxyl groups is 1. The van der Waals surface area contributed by atoms with Gasteiger partial charge in [0.2, 0.25) is 5.89 Å². The number of nitrogens with zero attached hydrogens (tertiary/aromatic N) is 2. The Morgan fingerprint density at radius 1 is 1.25 bits per heavy atom. The van der Waals surface area contributed by atoms with Crippen molar-refractivity contribution < 1.29 is 13.9 Å². The zero-order valence-electron chi connectivity index (χ0n) is 11.6.